The van der Waals surface area contributed by atoms with E-state index >= 15 is 0 Å². The maximum Gasteiger partial charge on any atom is 0.404 e. The highest BCUT2D eigenvalue weighted by atomic mass is 35.5. The van der Waals surface area contributed by atoms with Gasteiger partial charge in [0.1, 0.15) is 5.75 Å². The van der Waals surface area contributed by atoms with Crippen LogP contribution in [0.2, 0.25) is 0 Å². The van der Waals surface area contributed by atoms with Crippen molar-refractivity contribution in [1.82, 2.24) is 5.32 Å². The predicted octanol–water partition coefficient (Wildman–Crippen LogP) is 1.84. The number of hydrogen-bond donors (Lipinski definition) is 2. The fourth-order valence-corrected chi connectivity index (χ4v) is 1.30. The van der Waals surface area contributed by atoms with Gasteiger partial charge in [0.2, 0.25) is 0 Å². The van der Waals surface area contributed by atoms with E-state index in [4.69, 9.17) is 21.4 Å². The van der Waals surface area contributed by atoms with E-state index in [9.17, 15) is 9.59 Å². The molecule has 1 aromatic rings. The van der Waals surface area contributed by atoms with Crippen molar-refractivity contribution < 1.29 is 19.4 Å². The molecule has 0 aliphatic rings. The number of benzene rings is 1. The van der Waals surface area contributed by atoms with Crippen molar-refractivity contribution in [2.24, 2.45) is 0 Å². The van der Waals surface area contributed by atoms with Crippen molar-refractivity contribution in [3.63, 3.8) is 0 Å². The van der Waals surface area contributed by atoms with Crippen molar-refractivity contribution in [1.29, 1.82) is 0 Å². The third-order valence-corrected chi connectivity index (χ3v) is 2.16. The van der Waals surface area contributed by atoms with E-state index < -0.39 is 11.3 Å². The maximum absolute atomic E-state index is 10.9. The molecule has 0 saturated carbocycles. The molecule has 2 N–H and O–H groups in total. The molecule has 0 aliphatic heterocycles. The van der Waals surface area contributed by atoms with Gasteiger partial charge in [0.05, 0.1) is 7.11 Å². The predicted molar refractivity (Wildman–Crippen MR) is 58.0 cm³/mol. The van der Waals surface area contributed by atoms with Crippen LogP contribution in [-0.2, 0) is 6.54 Å². The Morgan fingerprint density at radius 2 is 2.19 bits per heavy atom. The summed E-state index contributed by atoms with van der Waals surface area (Å²) in [6.45, 7) is 0.106. The summed E-state index contributed by atoms with van der Waals surface area (Å²) < 4.78 is 5.02. The Kier molecular flexibility index (Phi) is 4.13. The van der Waals surface area contributed by atoms with Gasteiger partial charge in [0.15, 0.2) is 0 Å². The van der Waals surface area contributed by atoms with Crippen LogP contribution in [0.5, 0.6) is 5.75 Å². The van der Waals surface area contributed by atoms with E-state index in [0.717, 1.165) is 0 Å². The Labute approximate surface area is 97.0 Å². The number of halogens is 1. The molecule has 0 bridgehead atoms. The van der Waals surface area contributed by atoms with Gasteiger partial charge in [0, 0.05) is 17.7 Å². The lowest BCUT2D eigenvalue weighted by Gasteiger charge is -2.09. The average molecular weight is 244 g/mol. The van der Waals surface area contributed by atoms with Crippen LogP contribution in [0, 0.1) is 0 Å². The molecular weight excluding hydrogens is 234 g/mol. The van der Waals surface area contributed by atoms with Gasteiger partial charge in [0.25, 0.3) is 5.24 Å². The summed E-state index contributed by atoms with van der Waals surface area (Å²) in [5.41, 5.74) is 0.934. The highest BCUT2D eigenvalue weighted by Crippen LogP contribution is 2.21. The van der Waals surface area contributed by atoms with Crippen LogP contribution < -0.4 is 10.1 Å². The first-order chi connectivity index (χ1) is 7.54. The normalized spacial score (nSPS) is 9.62. The third kappa shape index (κ3) is 3.13. The molecule has 1 aromatic carbocycles. The van der Waals surface area contributed by atoms with Crippen molar-refractivity contribution in [2.45, 2.75) is 6.54 Å². The number of amides is 1. The number of carbonyl (C=O) groups excluding carboxylic acids is 1. The molecule has 0 aromatic heterocycles. The molecular formula is C10H10ClNO4. The zero-order valence-corrected chi connectivity index (χ0v) is 9.25. The molecule has 6 heteroatoms. The zero-order valence-electron chi connectivity index (χ0n) is 8.49. The van der Waals surface area contributed by atoms with Crippen LogP contribution in [0.25, 0.3) is 0 Å². The Morgan fingerprint density at radius 1 is 1.50 bits per heavy atom. The molecule has 0 atom stereocenters. The van der Waals surface area contributed by atoms with E-state index in [1.807, 2.05) is 0 Å². The van der Waals surface area contributed by atoms with Gasteiger partial charge in [-0.15, -0.1) is 0 Å². The minimum absolute atomic E-state index is 0.106. The van der Waals surface area contributed by atoms with E-state index in [1.54, 1.807) is 6.07 Å². The van der Waals surface area contributed by atoms with E-state index in [0.29, 0.717) is 16.9 Å². The Bertz CT molecular complexity index is 419. The molecule has 0 unspecified atom stereocenters. The topological polar surface area (TPSA) is 75.6 Å². The fourth-order valence-electron chi connectivity index (χ4n) is 1.18. The summed E-state index contributed by atoms with van der Waals surface area (Å²) in [4.78, 5) is 21.2. The van der Waals surface area contributed by atoms with Crippen LogP contribution in [-0.4, -0.2) is 23.6 Å². The number of carbonyl (C=O) groups is 2. The van der Waals surface area contributed by atoms with Crippen LogP contribution in [0.3, 0.4) is 0 Å². The Morgan fingerprint density at radius 3 is 2.69 bits per heavy atom. The number of carboxylic acid groups (broad SMARTS) is 1. The molecule has 0 fully saturated rings. The molecule has 5 nitrogen and oxygen atoms in total. The highest BCUT2D eigenvalue weighted by molar-refractivity contribution is 6.67. The van der Waals surface area contributed by atoms with Crippen molar-refractivity contribution in [2.75, 3.05) is 7.11 Å². The second-order valence-corrected chi connectivity index (χ2v) is 3.30. The van der Waals surface area contributed by atoms with Gasteiger partial charge in [-0.2, -0.15) is 0 Å². The molecule has 0 aliphatic carbocycles. The average Bonchev–Trinajstić information content (AvgIpc) is 2.25. The number of rotatable bonds is 4. The zero-order chi connectivity index (χ0) is 12.1. The summed E-state index contributed by atoms with van der Waals surface area (Å²) in [7, 11) is 1.43. The molecule has 16 heavy (non-hydrogen) atoms. The summed E-state index contributed by atoms with van der Waals surface area (Å²) in [6.07, 6.45) is -1.13. The van der Waals surface area contributed by atoms with Gasteiger partial charge in [-0.05, 0) is 23.7 Å². The first-order valence-electron chi connectivity index (χ1n) is 4.38. The summed E-state index contributed by atoms with van der Waals surface area (Å²) in [6, 6.07) is 4.56. The van der Waals surface area contributed by atoms with Crippen molar-refractivity contribution in [3.8, 4) is 5.75 Å². The van der Waals surface area contributed by atoms with Gasteiger partial charge >= 0.3 is 6.09 Å². The smallest absolute Gasteiger partial charge is 0.404 e. The van der Waals surface area contributed by atoms with Gasteiger partial charge < -0.3 is 15.2 Å². The molecule has 1 rings (SSSR count). The van der Waals surface area contributed by atoms with Gasteiger partial charge in [-0.25, -0.2) is 4.79 Å². The first kappa shape index (κ1) is 12.3. The lowest BCUT2D eigenvalue weighted by Crippen LogP contribution is -2.20. The number of hydrogen-bond acceptors (Lipinski definition) is 3. The van der Waals surface area contributed by atoms with Crippen molar-refractivity contribution >= 4 is 22.9 Å². The fraction of sp³-hybridized carbons (Fsp3) is 0.200. The number of methoxy groups -OCH3 is 1. The molecule has 0 saturated heterocycles. The summed E-state index contributed by atoms with van der Waals surface area (Å²) in [5.74, 6) is 0.417. The molecule has 0 heterocycles. The molecule has 1 amide bonds. The first-order valence-corrected chi connectivity index (χ1v) is 4.76. The van der Waals surface area contributed by atoms with E-state index in [1.165, 1.54) is 19.2 Å². The van der Waals surface area contributed by atoms with Crippen LogP contribution >= 0.6 is 11.6 Å². The summed E-state index contributed by atoms with van der Waals surface area (Å²) in [5, 5.41) is 10.1. The largest absolute Gasteiger partial charge is 0.496 e. The maximum atomic E-state index is 10.9. The lowest BCUT2D eigenvalue weighted by atomic mass is 10.1. The number of nitrogens with one attached hydrogen (secondary N) is 1. The minimum atomic E-state index is -1.13. The third-order valence-electron chi connectivity index (χ3n) is 1.94. The van der Waals surface area contributed by atoms with Gasteiger partial charge in [-0.3, -0.25) is 4.79 Å². The van der Waals surface area contributed by atoms with Crippen LogP contribution in [0.4, 0.5) is 4.79 Å². The van der Waals surface area contributed by atoms with E-state index in [2.05, 4.69) is 5.32 Å². The SMILES string of the molecule is COc1cc(C(=O)Cl)ccc1CNC(=O)O. The molecule has 86 valence electrons. The van der Waals surface area contributed by atoms with Gasteiger partial charge in [-0.1, -0.05) is 6.07 Å². The number of ether oxygens (including phenoxy) is 1. The Hall–Kier alpha value is -1.75. The highest BCUT2D eigenvalue weighted by Gasteiger charge is 2.08. The van der Waals surface area contributed by atoms with Crippen molar-refractivity contribution in [3.05, 3.63) is 29.3 Å². The van der Waals surface area contributed by atoms with Crippen LogP contribution in [0.15, 0.2) is 18.2 Å². The standard InChI is InChI=1S/C10H10ClNO4/c1-16-8-4-6(9(11)13)2-3-7(8)5-12-10(14)15/h2-4,12H,5H2,1H3,(H,14,15). The lowest BCUT2D eigenvalue weighted by molar-refractivity contribution is 0.108. The second kappa shape index (κ2) is 5.37. The quantitative estimate of drug-likeness (QED) is 0.792. The second-order valence-electron chi connectivity index (χ2n) is 2.96. The van der Waals surface area contributed by atoms with Crippen LogP contribution in [0.1, 0.15) is 15.9 Å². The summed E-state index contributed by atoms with van der Waals surface area (Å²) >= 11 is 5.31. The Balaban J connectivity index is 2.93. The van der Waals surface area contributed by atoms with E-state index in [-0.39, 0.29) is 6.54 Å². The molecule has 0 spiro atoms. The molecule has 0 radical (unpaired) electrons. The monoisotopic (exact) mass is 243 g/mol. The minimum Gasteiger partial charge on any atom is -0.496 e.